The van der Waals surface area contributed by atoms with E-state index in [1.165, 1.54) is 0 Å². The monoisotopic (exact) mass is 182 g/mol. The summed E-state index contributed by atoms with van der Waals surface area (Å²) in [5.41, 5.74) is 5.49. The molecule has 5 nitrogen and oxygen atoms in total. The fourth-order valence-corrected chi connectivity index (χ4v) is 0.920. The molecule has 0 amide bonds. The Morgan fingerprint density at radius 2 is 2.46 bits per heavy atom. The minimum Gasteiger partial charge on any atom is -0.444 e. The van der Waals surface area contributed by atoms with Crippen LogP contribution in [0.1, 0.15) is 24.6 Å². The van der Waals surface area contributed by atoms with Gasteiger partial charge in [0.05, 0.1) is 6.20 Å². The normalized spacial score (nSPS) is 14.2. The Labute approximate surface area is 77.1 Å². The molecule has 0 spiro atoms. The first kappa shape index (κ1) is 9.57. The van der Waals surface area contributed by atoms with Crippen LogP contribution in [0, 0.1) is 6.92 Å². The number of aliphatic imine (C=N–C) groups is 1. The second kappa shape index (κ2) is 3.93. The molecule has 13 heavy (non-hydrogen) atoms. The molecule has 1 unspecified atom stereocenters. The van der Waals surface area contributed by atoms with Gasteiger partial charge in [-0.3, -0.25) is 4.99 Å². The second-order valence-electron chi connectivity index (χ2n) is 2.78. The Hall–Kier alpha value is -1.52. The van der Waals surface area contributed by atoms with Crippen molar-refractivity contribution >= 4 is 5.96 Å². The van der Waals surface area contributed by atoms with E-state index in [9.17, 15) is 0 Å². The number of hydrogen-bond donors (Lipinski definition) is 2. The van der Waals surface area contributed by atoms with E-state index in [1.807, 2.05) is 13.8 Å². The van der Waals surface area contributed by atoms with E-state index in [4.69, 9.17) is 10.2 Å². The van der Waals surface area contributed by atoms with Crippen LogP contribution >= 0.6 is 0 Å². The summed E-state index contributed by atoms with van der Waals surface area (Å²) in [6.07, 6.45) is 1.67. The first-order valence-corrected chi connectivity index (χ1v) is 4.04. The van der Waals surface area contributed by atoms with Gasteiger partial charge in [-0.1, -0.05) is 0 Å². The van der Waals surface area contributed by atoms with Crippen molar-refractivity contribution in [2.45, 2.75) is 19.9 Å². The zero-order valence-electron chi connectivity index (χ0n) is 8.03. The van der Waals surface area contributed by atoms with E-state index < -0.39 is 0 Å². The highest BCUT2D eigenvalue weighted by Gasteiger charge is 2.10. The summed E-state index contributed by atoms with van der Waals surface area (Å²) in [6.45, 7) is 3.75. The molecule has 0 saturated heterocycles. The van der Waals surface area contributed by atoms with E-state index in [0.717, 1.165) is 5.76 Å². The van der Waals surface area contributed by atoms with Gasteiger partial charge in [-0.2, -0.15) is 0 Å². The summed E-state index contributed by atoms with van der Waals surface area (Å²) in [4.78, 5) is 7.84. The van der Waals surface area contributed by atoms with Crippen molar-refractivity contribution in [1.82, 2.24) is 10.3 Å². The summed E-state index contributed by atoms with van der Waals surface area (Å²) in [5, 5.41) is 2.93. The molecular formula is C8H14N4O. The number of oxazole rings is 1. The Morgan fingerprint density at radius 3 is 2.92 bits per heavy atom. The van der Waals surface area contributed by atoms with Crippen LogP contribution in [0.3, 0.4) is 0 Å². The molecule has 1 heterocycles. The summed E-state index contributed by atoms with van der Waals surface area (Å²) in [6, 6.07) is -0.0580. The maximum Gasteiger partial charge on any atom is 0.216 e. The number of hydrogen-bond acceptors (Lipinski definition) is 3. The molecule has 0 saturated carbocycles. The third kappa shape index (κ3) is 2.47. The molecule has 0 radical (unpaired) electrons. The Bertz CT molecular complexity index is 305. The molecule has 1 aromatic heterocycles. The van der Waals surface area contributed by atoms with Crippen molar-refractivity contribution < 1.29 is 4.42 Å². The molecule has 1 atom stereocenters. The molecule has 1 aromatic rings. The lowest BCUT2D eigenvalue weighted by Gasteiger charge is -2.09. The highest BCUT2D eigenvalue weighted by atomic mass is 16.4. The van der Waals surface area contributed by atoms with Gasteiger partial charge < -0.3 is 15.5 Å². The minimum atomic E-state index is -0.0580. The molecule has 3 N–H and O–H groups in total. The van der Waals surface area contributed by atoms with Crippen LogP contribution < -0.4 is 11.1 Å². The van der Waals surface area contributed by atoms with Gasteiger partial charge in [0.15, 0.2) is 5.96 Å². The van der Waals surface area contributed by atoms with Crippen molar-refractivity contribution in [3.05, 3.63) is 17.8 Å². The average molecular weight is 182 g/mol. The quantitative estimate of drug-likeness (QED) is 0.518. The molecule has 72 valence electrons. The first-order chi connectivity index (χ1) is 6.13. The molecule has 0 bridgehead atoms. The van der Waals surface area contributed by atoms with Gasteiger partial charge in [-0.05, 0) is 13.8 Å². The second-order valence-corrected chi connectivity index (χ2v) is 2.78. The predicted octanol–water partition coefficient (Wildman–Crippen LogP) is 0.578. The van der Waals surface area contributed by atoms with Crippen LogP contribution in [0.15, 0.2) is 15.6 Å². The lowest BCUT2D eigenvalue weighted by atomic mass is 10.3. The Morgan fingerprint density at radius 1 is 1.77 bits per heavy atom. The van der Waals surface area contributed by atoms with E-state index in [-0.39, 0.29) is 6.04 Å². The van der Waals surface area contributed by atoms with E-state index in [1.54, 1.807) is 13.2 Å². The Balaban J connectivity index is 2.63. The molecule has 0 aromatic carbocycles. The third-order valence-electron chi connectivity index (χ3n) is 1.61. The number of aromatic nitrogens is 1. The van der Waals surface area contributed by atoms with Crippen molar-refractivity contribution in [2.24, 2.45) is 10.7 Å². The van der Waals surface area contributed by atoms with Gasteiger partial charge in [0.1, 0.15) is 11.8 Å². The van der Waals surface area contributed by atoms with Gasteiger partial charge in [0.25, 0.3) is 0 Å². The molecule has 1 rings (SSSR count). The summed E-state index contributed by atoms with van der Waals surface area (Å²) >= 11 is 0. The standard InChI is InChI=1S/C8H14N4O/c1-5-4-11-7(13-5)6(2)12-8(9)10-3/h4,6H,1-3H3,(H3,9,10,12). The number of guanidine groups is 1. The van der Waals surface area contributed by atoms with Crippen molar-refractivity contribution in [2.75, 3.05) is 7.05 Å². The molecule has 0 aliphatic carbocycles. The van der Waals surface area contributed by atoms with Crippen LogP contribution in [0.5, 0.6) is 0 Å². The third-order valence-corrected chi connectivity index (χ3v) is 1.61. The lowest BCUT2D eigenvalue weighted by molar-refractivity contribution is 0.429. The summed E-state index contributed by atoms with van der Waals surface area (Å²) in [5.74, 6) is 1.78. The fourth-order valence-electron chi connectivity index (χ4n) is 0.920. The summed E-state index contributed by atoms with van der Waals surface area (Å²) in [7, 11) is 1.62. The topological polar surface area (TPSA) is 76.4 Å². The fraction of sp³-hybridized carbons (Fsp3) is 0.500. The molecular weight excluding hydrogens is 168 g/mol. The number of nitrogens with one attached hydrogen (secondary N) is 1. The van der Waals surface area contributed by atoms with E-state index in [2.05, 4.69) is 15.3 Å². The number of nitrogens with zero attached hydrogens (tertiary/aromatic N) is 2. The van der Waals surface area contributed by atoms with Gasteiger partial charge in [0, 0.05) is 7.05 Å². The van der Waals surface area contributed by atoms with Crippen LogP contribution in [0.25, 0.3) is 0 Å². The van der Waals surface area contributed by atoms with Crippen LogP contribution in [-0.2, 0) is 0 Å². The van der Waals surface area contributed by atoms with E-state index >= 15 is 0 Å². The van der Waals surface area contributed by atoms with Gasteiger partial charge in [-0.15, -0.1) is 0 Å². The molecule has 0 aliphatic rings. The van der Waals surface area contributed by atoms with Gasteiger partial charge in [0.2, 0.25) is 5.89 Å². The van der Waals surface area contributed by atoms with Crippen LogP contribution in [-0.4, -0.2) is 18.0 Å². The van der Waals surface area contributed by atoms with Crippen LogP contribution in [0.4, 0.5) is 0 Å². The maximum atomic E-state index is 5.49. The van der Waals surface area contributed by atoms with E-state index in [0.29, 0.717) is 11.9 Å². The molecule has 0 fully saturated rings. The summed E-state index contributed by atoms with van der Waals surface area (Å²) < 4.78 is 5.31. The first-order valence-electron chi connectivity index (χ1n) is 4.04. The van der Waals surface area contributed by atoms with Gasteiger partial charge >= 0.3 is 0 Å². The minimum absolute atomic E-state index is 0.0580. The predicted molar refractivity (Wildman–Crippen MR) is 50.3 cm³/mol. The van der Waals surface area contributed by atoms with Crippen molar-refractivity contribution in [3.8, 4) is 0 Å². The van der Waals surface area contributed by atoms with Crippen molar-refractivity contribution in [1.29, 1.82) is 0 Å². The molecule has 0 aliphatic heterocycles. The van der Waals surface area contributed by atoms with Crippen molar-refractivity contribution in [3.63, 3.8) is 0 Å². The zero-order chi connectivity index (χ0) is 9.84. The Kier molecular flexibility index (Phi) is 2.89. The number of aryl methyl sites for hydroxylation is 1. The highest BCUT2D eigenvalue weighted by Crippen LogP contribution is 2.10. The maximum absolute atomic E-state index is 5.49. The SMILES string of the molecule is CN=C(N)NC(C)c1ncc(C)o1. The smallest absolute Gasteiger partial charge is 0.216 e. The largest absolute Gasteiger partial charge is 0.444 e. The average Bonchev–Trinajstić information content (AvgIpc) is 2.51. The van der Waals surface area contributed by atoms with Crippen LogP contribution in [0.2, 0.25) is 0 Å². The molecule has 5 heteroatoms. The number of nitrogens with two attached hydrogens (primary N) is 1. The lowest BCUT2D eigenvalue weighted by Crippen LogP contribution is -2.33. The van der Waals surface area contributed by atoms with Gasteiger partial charge in [-0.25, -0.2) is 4.98 Å². The number of rotatable bonds is 2. The zero-order valence-corrected chi connectivity index (χ0v) is 8.03. The highest BCUT2D eigenvalue weighted by molar-refractivity contribution is 5.77.